The van der Waals surface area contributed by atoms with Crippen LogP contribution in [0, 0.1) is 12.7 Å². The zero-order chi connectivity index (χ0) is 19.4. The lowest BCUT2D eigenvalue weighted by atomic mass is 10.1. The first-order valence-electron chi connectivity index (χ1n) is 8.76. The van der Waals surface area contributed by atoms with Crippen molar-refractivity contribution >= 4 is 29.1 Å². The third-order valence-electron chi connectivity index (χ3n) is 4.65. The van der Waals surface area contributed by atoms with E-state index in [1.165, 1.54) is 24.3 Å². The Labute approximate surface area is 162 Å². The molecule has 142 valence electrons. The number of aryl methyl sites for hydroxylation is 1. The summed E-state index contributed by atoms with van der Waals surface area (Å²) in [5, 5.41) is 3.28. The van der Waals surface area contributed by atoms with Crippen molar-refractivity contribution < 1.29 is 14.0 Å². The van der Waals surface area contributed by atoms with Crippen LogP contribution >= 0.6 is 11.6 Å². The highest BCUT2D eigenvalue weighted by Gasteiger charge is 2.22. The van der Waals surface area contributed by atoms with Gasteiger partial charge in [0.15, 0.2) is 0 Å². The number of carbonyl (C=O) groups is 2. The van der Waals surface area contributed by atoms with Gasteiger partial charge in [-0.1, -0.05) is 17.7 Å². The van der Waals surface area contributed by atoms with E-state index in [1.807, 2.05) is 25.1 Å². The van der Waals surface area contributed by atoms with Crippen LogP contribution in [0.1, 0.15) is 15.9 Å². The number of amides is 2. The highest BCUT2D eigenvalue weighted by molar-refractivity contribution is 6.30. The molecule has 1 aliphatic heterocycles. The number of hydrogen-bond acceptors (Lipinski definition) is 3. The van der Waals surface area contributed by atoms with E-state index in [9.17, 15) is 14.0 Å². The molecule has 27 heavy (non-hydrogen) atoms. The van der Waals surface area contributed by atoms with Gasteiger partial charge in [-0.15, -0.1) is 0 Å². The maximum Gasteiger partial charge on any atom is 0.251 e. The molecule has 0 aromatic heterocycles. The van der Waals surface area contributed by atoms with Crippen LogP contribution in [0.2, 0.25) is 5.02 Å². The van der Waals surface area contributed by atoms with Crippen LogP contribution in [0.3, 0.4) is 0 Å². The van der Waals surface area contributed by atoms with Gasteiger partial charge in [-0.05, 0) is 48.9 Å². The number of rotatable bonds is 4. The van der Waals surface area contributed by atoms with Crippen molar-refractivity contribution in [3.63, 3.8) is 0 Å². The first kappa shape index (κ1) is 19.2. The van der Waals surface area contributed by atoms with Gasteiger partial charge in [-0.25, -0.2) is 4.39 Å². The van der Waals surface area contributed by atoms with Gasteiger partial charge in [-0.3, -0.25) is 9.59 Å². The van der Waals surface area contributed by atoms with Crippen LogP contribution in [-0.4, -0.2) is 49.4 Å². The monoisotopic (exact) mass is 389 g/mol. The van der Waals surface area contributed by atoms with Crippen LogP contribution in [0.25, 0.3) is 0 Å². The van der Waals surface area contributed by atoms with E-state index < -0.39 is 11.7 Å². The second kappa shape index (κ2) is 8.39. The van der Waals surface area contributed by atoms with E-state index in [2.05, 4.69) is 10.2 Å². The first-order valence-corrected chi connectivity index (χ1v) is 9.14. The van der Waals surface area contributed by atoms with Crippen molar-refractivity contribution in [3.05, 3.63) is 64.4 Å². The Morgan fingerprint density at radius 2 is 1.74 bits per heavy atom. The summed E-state index contributed by atoms with van der Waals surface area (Å²) in [7, 11) is 0. The number of benzene rings is 2. The molecule has 0 saturated carbocycles. The Balaban J connectivity index is 1.50. The van der Waals surface area contributed by atoms with Crippen molar-refractivity contribution in [2.75, 3.05) is 37.6 Å². The molecular formula is C20H21ClFN3O2. The summed E-state index contributed by atoms with van der Waals surface area (Å²) in [6.07, 6.45) is 0. The van der Waals surface area contributed by atoms with Gasteiger partial charge in [0.1, 0.15) is 5.82 Å². The zero-order valence-corrected chi connectivity index (χ0v) is 15.8. The number of halogens is 2. The predicted molar refractivity (Wildman–Crippen MR) is 104 cm³/mol. The van der Waals surface area contributed by atoms with Crippen LogP contribution in [-0.2, 0) is 4.79 Å². The van der Waals surface area contributed by atoms with Crippen LogP contribution < -0.4 is 10.2 Å². The number of nitrogens with zero attached hydrogens (tertiary/aromatic N) is 2. The highest BCUT2D eigenvalue weighted by Crippen LogP contribution is 2.25. The Hall–Kier alpha value is -2.60. The standard InChI is InChI=1S/C20H21ClFN3O2/c1-14-2-5-16(21)12-18(14)24-8-10-25(11-9-24)19(26)13-23-20(27)15-3-6-17(22)7-4-15/h2-7,12H,8-11,13H2,1H3,(H,23,27). The molecule has 1 saturated heterocycles. The van der Waals surface area contributed by atoms with E-state index in [0.29, 0.717) is 36.8 Å². The van der Waals surface area contributed by atoms with Crippen LogP contribution in [0.15, 0.2) is 42.5 Å². The molecule has 1 aliphatic rings. The largest absolute Gasteiger partial charge is 0.368 e. The molecule has 3 rings (SSSR count). The van der Waals surface area contributed by atoms with E-state index >= 15 is 0 Å². The van der Waals surface area contributed by atoms with Crippen molar-refractivity contribution in [1.29, 1.82) is 0 Å². The average molecular weight is 390 g/mol. The molecule has 2 aromatic carbocycles. The molecule has 0 radical (unpaired) electrons. The number of anilines is 1. The molecule has 2 aromatic rings. The fraction of sp³-hybridized carbons (Fsp3) is 0.300. The van der Waals surface area contributed by atoms with Gasteiger partial charge in [0.05, 0.1) is 6.54 Å². The minimum atomic E-state index is -0.407. The SMILES string of the molecule is Cc1ccc(Cl)cc1N1CCN(C(=O)CNC(=O)c2ccc(F)cc2)CC1. The van der Waals surface area contributed by atoms with Crippen LogP contribution in [0.5, 0.6) is 0 Å². The van der Waals surface area contributed by atoms with E-state index in [0.717, 1.165) is 11.3 Å². The molecule has 0 atom stereocenters. The van der Waals surface area contributed by atoms with Crippen LogP contribution in [0.4, 0.5) is 10.1 Å². The fourth-order valence-electron chi connectivity index (χ4n) is 3.09. The summed E-state index contributed by atoms with van der Waals surface area (Å²) in [6, 6.07) is 11.0. The Bertz CT molecular complexity index is 834. The summed E-state index contributed by atoms with van der Waals surface area (Å²) in [5.74, 6) is -0.931. The van der Waals surface area contributed by atoms with Gasteiger partial charge in [-0.2, -0.15) is 0 Å². The molecule has 2 amide bonds. The third kappa shape index (κ3) is 4.77. The van der Waals surface area contributed by atoms with Crippen molar-refractivity contribution in [2.45, 2.75) is 6.92 Å². The highest BCUT2D eigenvalue weighted by atomic mass is 35.5. The molecule has 7 heteroatoms. The second-order valence-electron chi connectivity index (χ2n) is 6.49. The summed E-state index contributed by atoms with van der Waals surface area (Å²) in [4.78, 5) is 28.3. The molecule has 0 aliphatic carbocycles. The van der Waals surface area contributed by atoms with Crippen molar-refractivity contribution in [1.82, 2.24) is 10.2 Å². The fourth-order valence-corrected chi connectivity index (χ4v) is 3.26. The second-order valence-corrected chi connectivity index (χ2v) is 6.92. The smallest absolute Gasteiger partial charge is 0.251 e. The average Bonchev–Trinajstić information content (AvgIpc) is 2.68. The van der Waals surface area contributed by atoms with Gasteiger partial charge in [0, 0.05) is 42.5 Å². The molecule has 0 bridgehead atoms. The van der Waals surface area contributed by atoms with E-state index in [4.69, 9.17) is 11.6 Å². The molecule has 1 N–H and O–H groups in total. The Kier molecular flexibility index (Phi) is 5.96. The molecule has 5 nitrogen and oxygen atoms in total. The third-order valence-corrected chi connectivity index (χ3v) is 4.89. The first-order chi connectivity index (χ1) is 12.9. The van der Waals surface area contributed by atoms with Crippen molar-refractivity contribution in [3.8, 4) is 0 Å². The number of carbonyl (C=O) groups excluding carboxylic acids is 2. The predicted octanol–water partition coefficient (Wildman–Crippen LogP) is 2.87. The topological polar surface area (TPSA) is 52.6 Å². The van der Waals surface area contributed by atoms with Gasteiger partial charge >= 0.3 is 0 Å². The molecule has 0 unspecified atom stereocenters. The quantitative estimate of drug-likeness (QED) is 0.874. The summed E-state index contributed by atoms with van der Waals surface area (Å²) >= 11 is 6.09. The summed E-state index contributed by atoms with van der Waals surface area (Å²) < 4.78 is 12.9. The van der Waals surface area contributed by atoms with Crippen molar-refractivity contribution in [2.24, 2.45) is 0 Å². The lowest BCUT2D eigenvalue weighted by Crippen LogP contribution is -2.51. The Morgan fingerprint density at radius 1 is 1.07 bits per heavy atom. The van der Waals surface area contributed by atoms with Gasteiger partial charge in [0.25, 0.3) is 5.91 Å². The summed E-state index contributed by atoms with van der Waals surface area (Å²) in [6.45, 7) is 4.53. The molecule has 1 heterocycles. The molecule has 1 fully saturated rings. The molecule has 0 spiro atoms. The number of hydrogen-bond donors (Lipinski definition) is 1. The normalized spacial score (nSPS) is 14.2. The van der Waals surface area contributed by atoms with Gasteiger partial charge < -0.3 is 15.1 Å². The van der Waals surface area contributed by atoms with Gasteiger partial charge in [0.2, 0.25) is 5.91 Å². The lowest BCUT2D eigenvalue weighted by molar-refractivity contribution is -0.130. The summed E-state index contributed by atoms with van der Waals surface area (Å²) in [5.41, 5.74) is 2.55. The van der Waals surface area contributed by atoms with E-state index in [-0.39, 0.29) is 12.5 Å². The molecular weight excluding hydrogens is 369 g/mol. The minimum Gasteiger partial charge on any atom is -0.368 e. The van der Waals surface area contributed by atoms with E-state index in [1.54, 1.807) is 4.90 Å². The maximum absolute atomic E-state index is 12.9. The number of piperazine rings is 1. The number of nitrogens with one attached hydrogen (secondary N) is 1. The zero-order valence-electron chi connectivity index (χ0n) is 15.0. The Morgan fingerprint density at radius 3 is 2.41 bits per heavy atom. The lowest BCUT2D eigenvalue weighted by Gasteiger charge is -2.37. The maximum atomic E-state index is 12.9. The minimum absolute atomic E-state index is 0.0770.